The Morgan fingerprint density at radius 1 is 0.966 bits per heavy atom. The van der Waals surface area contributed by atoms with Crippen molar-refractivity contribution in [3.8, 4) is 0 Å². The van der Waals surface area contributed by atoms with Crippen LogP contribution in [0.3, 0.4) is 0 Å². The molecule has 2 amide bonds. The van der Waals surface area contributed by atoms with Crippen LogP contribution in [0.5, 0.6) is 0 Å². The van der Waals surface area contributed by atoms with E-state index in [9.17, 15) is 9.59 Å². The maximum atomic E-state index is 12.9. The molecule has 29 heavy (non-hydrogen) atoms. The van der Waals surface area contributed by atoms with Gasteiger partial charge in [0, 0.05) is 38.6 Å². The second-order valence-electron chi connectivity index (χ2n) is 9.78. The molecule has 0 aromatic heterocycles. The quantitative estimate of drug-likeness (QED) is 0.827. The van der Waals surface area contributed by atoms with E-state index in [4.69, 9.17) is 0 Å². The fraction of sp³-hybridized carbons (Fsp3) is 0.667. The average Bonchev–Trinajstić information content (AvgIpc) is 2.72. The summed E-state index contributed by atoms with van der Waals surface area (Å²) in [7, 11) is 0. The number of carbonyl (C=O) groups excluding carboxylic acids is 2. The van der Waals surface area contributed by atoms with Gasteiger partial charge in [-0.15, -0.1) is 0 Å². The van der Waals surface area contributed by atoms with Gasteiger partial charge in [-0.3, -0.25) is 14.5 Å². The van der Waals surface area contributed by atoms with Crippen LogP contribution in [0.4, 0.5) is 0 Å². The second-order valence-corrected chi connectivity index (χ2v) is 9.78. The summed E-state index contributed by atoms with van der Waals surface area (Å²) in [5, 5.41) is 2.99. The molecule has 3 rings (SSSR count). The van der Waals surface area contributed by atoms with Crippen LogP contribution < -0.4 is 5.32 Å². The number of carbonyl (C=O) groups is 2. The largest absolute Gasteiger partial charge is 0.351 e. The van der Waals surface area contributed by atoms with E-state index >= 15 is 0 Å². The summed E-state index contributed by atoms with van der Waals surface area (Å²) in [5.74, 6) is 1.33. The summed E-state index contributed by atoms with van der Waals surface area (Å²) < 4.78 is 0. The van der Waals surface area contributed by atoms with Crippen molar-refractivity contribution in [2.45, 2.75) is 53.0 Å². The summed E-state index contributed by atoms with van der Waals surface area (Å²) >= 11 is 0. The first-order valence-corrected chi connectivity index (χ1v) is 11.1. The molecule has 0 spiro atoms. The molecule has 1 aromatic carbocycles. The van der Waals surface area contributed by atoms with Crippen molar-refractivity contribution in [1.29, 1.82) is 0 Å². The number of hydrogen-bond acceptors (Lipinski definition) is 3. The Bertz CT molecular complexity index is 667. The lowest BCUT2D eigenvalue weighted by atomic mass is 9.69. The van der Waals surface area contributed by atoms with Gasteiger partial charge in [0.25, 0.3) is 0 Å². The molecule has 5 heteroatoms. The zero-order valence-electron chi connectivity index (χ0n) is 18.3. The number of amides is 2. The minimum absolute atomic E-state index is 0.0501. The molecule has 1 aliphatic heterocycles. The molecule has 2 fully saturated rings. The lowest BCUT2D eigenvalue weighted by Crippen LogP contribution is -2.52. The minimum Gasteiger partial charge on any atom is -0.351 e. The standard InChI is InChI=1S/C24H37N3O2/c1-24(2,3)21-11-9-20(10-12-21)23(29)27-15-13-26(14-16-27)18-22(28)25-17-19-7-5-4-6-8-19/h4-8,20-21H,9-18H2,1-3H3,(H,25,28). The van der Waals surface area contributed by atoms with Gasteiger partial charge in [0.2, 0.25) is 11.8 Å². The number of nitrogens with zero attached hydrogens (tertiary/aromatic N) is 2. The predicted octanol–water partition coefficient (Wildman–Crippen LogP) is 3.30. The summed E-state index contributed by atoms with van der Waals surface area (Å²) in [6.07, 6.45) is 4.40. The fourth-order valence-corrected chi connectivity index (χ4v) is 4.65. The van der Waals surface area contributed by atoms with Crippen molar-refractivity contribution in [3.05, 3.63) is 35.9 Å². The van der Waals surface area contributed by atoms with Crippen molar-refractivity contribution in [2.75, 3.05) is 32.7 Å². The molecule has 0 bridgehead atoms. The first kappa shape index (κ1) is 21.8. The van der Waals surface area contributed by atoms with Crippen molar-refractivity contribution in [2.24, 2.45) is 17.3 Å². The summed E-state index contributed by atoms with van der Waals surface area (Å²) in [4.78, 5) is 29.3. The molecule has 5 nitrogen and oxygen atoms in total. The van der Waals surface area contributed by atoms with E-state index in [-0.39, 0.29) is 11.8 Å². The molecule has 1 heterocycles. The highest BCUT2D eigenvalue weighted by molar-refractivity contribution is 5.79. The Morgan fingerprint density at radius 3 is 2.17 bits per heavy atom. The SMILES string of the molecule is CC(C)(C)C1CCC(C(=O)N2CCN(CC(=O)NCc3ccccc3)CC2)CC1. The van der Waals surface area contributed by atoms with Crippen molar-refractivity contribution >= 4 is 11.8 Å². The van der Waals surface area contributed by atoms with E-state index in [0.29, 0.717) is 24.4 Å². The molecule has 2 aliphatic rings. The molecular weight excluding hydrogens is 362 g/mol. The van der Waals surface area contributed by atoms with Gasteiger partial charge in [-0.25, -0.2) is 0 Å². The maximum Gasteiger partial charge on any atom is 0.234 e. The van der Waals surface area contributed by atoms with Gasteiger partial charge in [-0.2, -0.15) is 0 Å². The number of piperazine rings is 1. The zero-order valence-corrected chi connectivity index (χ0v) is 18.3. The van der Waals surface area contributed by atoms with Gasteiger partial charge in [-0.1, -0.05) is 51.1 Å². The highest BCUT2D eigenvalue weighted by Crippen LogP contribution is 2.40. The Kier molecular flexibility index (Phi) is 7.33. The van der Waals surface area contributed by atoms with E-state index in [1.165, 1.54) is 12.8 Å². The minimum atomic E-state index is 0.0501. The van der Waals surface area contributed by atoms with Crippen molar-refractivity contribution in [1.82, 2.24) is 15.1 Å². The van der Waals surface area contributed by atoms with Crippen molar-refractivity contribution in [3.63, 3.8) is 0 Å². The Balaban J connectivity index is 1.36. The average molecular weight is 400 g/mol. The first-order valence-electron chi connectivity index (χ1n) is 11.1. The smallest absolute Gasteiger partial charge is 0.234 e. The van der Waals surface area contributed by atoms with E-state index in [1.807, 2.05) is 35.2 Å². The number of nitrogens with one attached hydrogen (secondary N) is 1. The van der Waals surface area contributed by atoms with Crippen LogP contribution >= 0.6 is 0 Å². The third-order valence-corrected chi connectivity index (χ3v) is 6.68. The lowest BCUT2D eigenvalue weighted by molar-refractivity contribution is -0.139. The van der Waals surface area contributed by atoms with Crippen LogP contribution in [0.2, 0.25) is 0 Å². The second kappa shape index (κ2) is 9.75. The molecule has 0 radical (unpaired) electrons. The normalized spacial score (nSPS) is 23.6. The van der Waals surface area contributed by atoms with E-state index in [0.717, 1.165) is 50.5 Å². The summed E-state index contributed by atoms with van der Waals surface area (Å²) in [6, 6.07) is 9.96. The Hall–Kier alpha value is -1.88. The van der Waals surface area contributed by atoms with Crippen LogP contribution in [-0.2, 0) is 16.1 Å². The number of hydrogen-bond donors (Lipinski definition) is 1. The molecule has 1 aliphatic carbocycles. The Morgan fingerprint density at radius 2 is 1.59 bits per heavy atom. The first-order chi connectivity index (χ1) is 13.8. The highest BCUT2D eigenvalue weighted by Gasteiger charge is 2.34. The van der Waals surface area contributed by atoms with Gasteiger partial charge in [0.1, 0.15) is 0 Å². The van der Waals surface area contributed by atoms with E-state index in [2.05, 4.69) is 31.0 Å². The zero-order chi connectivity index (χ0) is 20.9. The fourth-order valence-electron chi connectivity index (χ4n) is 4.65. The lowest BCUT2D eigenvalue weighted by Gasteiger charge is -2.40. The predicted molar refractivity (Wildman–Crippen MR) is 116 cm³/mol. The van der Waals surface area contributed by atoms with Crippen molar-refractivity contribution < 1.29 is 9.59 Å². The van der Waals surface area contributed by atoms with E-state index < -0.39 is 0 Å². The highest BCUT2D eigenvalue weighted by atomic mass is 16.2. The van der Waals surface area contributed by atoms with Crippen LogP contribution in [0.1, 0.15) is 52.0 Å². The maximum absolute atomic E-state index is 12.9. The third kappa shape index (κ3) is 6.30. The van der Waals surface area contributed by atoms with Gasteiger partial charge in [0.15, 0.2) is 0 Å². The topological polar surface area (TPSA) is 52.7 Å². The molecule has 0 unspecified atom stereocenters. The Labute approximate surface area is 175 Å². The van der Waals surface area contributed by atoms with Gasteiger partial charge < -0.3 is 10.2 Å². The molecule has 1 N–H and O–H groups in total. The monoisotopic (exact) mass is 399 g/mol. The molecular formula is C24H37N3O2. The summed E-state index contributed by atoms with van der Waals surface area (Å²) in [6.45, 7) is 11.0. The van der Waals surface area contributed by atoms with Crippen LogP contribution in [-0.4, -0.2) is 54.3 Å². The van der Waals surface area contributed by atoms with Gasteiger partial charge in [0.05, 0.1) is 6.54 Å². The molecule has 1 saturated heterocycles. The van der Waals surface area contributed by atoms with Crippen LogP contribution in [0, 0.1) is 17.3 Å². The van der Waals surface area contributed by atoms with Gasteiger partial charge >= 0.3 is 0 Å². The third-order valence-electron chi connectivity index (χ3n) is 6.68. The molecule has 1 saturated carbocycles. The number of benzene rings is 1. The van der Waals surface area contributed by atoms with Crippen LogP contribution in [0.15, 0.2) is 30.3 Å². The molecule has 0 atom stereocenters. The van der Waals surface area contributed by atoms with Crippen LogP contribution in [0.25, 0.3) is 0 Å². The molecule has 1 aromatic rings. The van der Waals surface area contributed by atoms with E-state index in [1.54, 1.807) is 0 Å². The number of rotatable bonds is 5. The molecule has 160 valence electrons. The van der Waals surface area contributed by atoms with Gasteiger partial charge in [-0.05, 0) is 42.6 Å². The summed E-state index contributed by atoms with van der Waals surface area (Å²) in [5.41, 5.74) is 1.46.